The molecule has 0 spiro atoms. The van der Waals surface area contributed by atoms with Crippen LogP contribution in [0.4, 0.5) is 0 Å². The van der Waals surface area contributed by atoms with Crippen molar-refractivity contribution >= 4 is 5.97 Å². The average molecular weight is 164 g/mol. The van der Waals surface area contributed by atoms with E-state index in [1.807, 2.05) is 6.08 Å². The Balaban J connectivity index is 3.48. The third-order valence-electron chi connectivity index (χ3n) is 1.10. The Bertz CT molecular complexity index is 238. The summed E-state index contributed by atoms with van der Waals surface area (Å²) in [6.07, 6.45) is 7.90. The maximum atomic E-state index is 9.99. The summed E-state index contributed by atoms with van der Waals surface area (Å²) < 4.78 is 0. The molecule has 0 aliphatic rings. The molecule has 0 fully saturated rings. The average Bonchev–Trinajstić information content (AvgIpc) is 2.02. The predicted octanol–water partition coefficient (Wildman–Crippen LogP) is 1.99. The van der Waals surface area contributed by atoms with Gasteiger partial charge in [0, 0.05) is 12.5 Å². The quantitative estimate of drug-likeness (QED) is 0.298. The van der Waals surface area contributed by atoms with Crippen molar-refractivity contribution in [1.29, 1.82) is 0 Å². The van der Waals surface area contributed by atoms with E-state index in [-0.39, 0.29) is 0 Å². The highest BCUT2D eigenvalue weighted by atomic mass is 16.4. The zero-order valence-electron chi connectivity index (χ0n) is 7.08. The molecule has 0 saturated heterocycles. The van der Waals surface area contributed by atoms with Crippen LogP contribution in [-0.2, 0) is 4.79 Å². The van der Waals surface area contributed by atoms with Gasteiger partial charge in [-0.05, 0) is 13.3 Å². The number of rotatable bonds is 4. The lowest BCUT2D eigenvalue weighted by Gasteiger charge is -1.80. The fraction of sp³-hybridized carbons (Fsp3) is 0.300. The summed E-state index contributed by atoms with van der Waals surface area (Å²) in [6.45, 7) is 1.80. The fourth-order valence-electron chi connectivity index (χ4n) is 0.593. The van der Waals surface area contributed by atoms with Gasteiger partial charge in [0.2, 0.25) is 0 Å². The van der Waals surface area contributed by atoms with E-state index in [0.717, 1.165) is 18.9 Å². The highest BCUT2D eigenvalue weighted by molar-refractivity contribution is 5.80. The van der Waals surface area contributed by atoms with E-state index >= 15 is 0 Å². The first-order valence-electron chi connectivity index (χ1n) is 3.73. The molecule has 2 heteroatoms. The van der Waals surface area contributed by atoms with Crippen LogP contribution in [-0.4, -0.2) is 11.1 Å². The molecule has 0 radical (unpaired) electrons. The van der Waals surface area contributed by atoms with E-state index in [0.29, 0.717) is 0 Å². The molecule has 0 atom stereocenters. The van der Waals surface area contributed by atoms with Crippen LogP contribution < -0.4 is 0 Å². The number of carboxylic acid groups (broad SMARTS) is 1. The van der Waals surface area contributed by atoms with Crippen molar-refractivity contribution in [3.63, 3.8) is 0 Å². The van der Waals surface area contributed by atoms with Crippen molar-refractivity contribution < 1.29 is 9.90 Å². The molecule has 0 rings (SSSR count). The maximum Gasteiger partial charge on any atom is 0.328 e. The van der Waals surface area contributed by atoms with Gasteiger partial charge in [-0.15, -0.1) is 11.8 Å². The van der Waals surface area contributed by atoms with Gasteiger partial charge in [-0.25, -0.2) is 4.79 Å². The third kappa shape index (κ3) is 8.51. The molecule has 0 aromatic carbocycles. The van der Waals surface area contributed by atoms with E-state index in [4.69, 9.17) is 5.11 Å². The van der Waals surface area contributed by atoms with Gasteiger partial charge in [0.25, 0.3) is 0 Å². The Kier molecular flexibility index (Phi) is 6.67. The second-order valence-corrected chi connectivity index (χ2v) is 2.09. The molecule has 0 amide bonds. The van der Waals surface area contributed by atoms with Crippen molar-refractivity contribution in [2.45, 2.75) is 19.8 Å². The van der Waals surface area contributed by atoms with Gasteiger partial charge in [0.05, 0.1) is 0 Å². The first-order chi connectivity index (χ1) is 5.77. The summed E-state index contributed by atoms with van der Waals surface area (Å²) in [5, 5.41) is 8.21. The monoisotopic (exact) mass is 164 g/mol. The van der Waals surface area contributed by atoms with Crippen molar-refractivity contribution in [3.8, 4) is 11.8 Å². The predicted molar refractivity (Wildman–Crippen MR) is 48.6 cm³/mol. The van der Waals surface area contributed by atoms with Gasteiger partial charge >= 0.3 is 5.97 Å². The number of carboxylic acids is 1. The Hall–Kier alpha value is -1.49. The Morgan fingerprint density at radius 2 is 2.25 bits per heavy atom. The summed E-state index contributed by atoms with van der Waals surface area (Å²) in [5.74, 6) is 4.76. The van der Waals surface area contributed by atoms with Gasteiger partial charge in [-0.1, -0.05) is 18.2 Å². The van der Waals surface area contributed by atoms with Crippen molar-refractivity contribution in [2.24, 2.45) is 0 Å². The molecule has 0 aliphatic carbocycles. The zero-order chi connectivity index (χ0) is 9.23. The number of aliphatic carboxylic acids is 1. The van der Waals surface area contributed by atoms with Crippen LogP contribution in [0.3, 0.4) is 0 Å². The lowest BCUT2D eigenvalue weighted by molar-refractivity contribution is -0.131. The maximum absolute atomic E-state index is 9.99. The normalized spacial score (nSPS) is 10.1. The molecule has 2 nitrogen and oxygen atoms in total. The summed E-state index contributed by atoms with van der Waals surface area (Å²) in [7, 11) is 0. The van der Waals surface area contributed by atoms with Gasteiger partial charge in [-0.3, -0.25) is 0 Å². The molecule has 1 N–H and O–H groups in total. The molecule has 0 saturated carbocycles. The van der Waals surface area contributed by atoms with Gasteiger partial charge < -0.3 is 5.11 Å². The van der Waals surface area contributed by atoms with Gasteiger partial charge in [-0.2, -0.15) is 0 Å². The molecule has 0 bridgehead atoms. The lowest BCUT2D eigenvalue weighted by atomic mass is 10.3. The number of hydrogen-bond donors (Lipinski definition) is 1. The molecule has 0 aromatic rings. The van der Waals surface area contributed by atoms with Crippen LogP contribution in [0.2, 0.25) is 0 Å². The second kappa shape index (κ2) is 7.62. The van der Waals surface area contributed by atoms with Crippen LogP contribution in [0, 0.1) is 11.8 Å². The fourth-order valence-corrected chi connectivity index (χ4v) is 0.593. The highest BCUT2D eigenvalue weighted by Crippen LogP contribution is 1.89. The van der Waals surface area contributed by atoms with Crippen molar-refractivity contribution in [2.75, 3.05) is 0 Å². The van der Waals surface area contributed by atoms with Crippen LogP contribution in [0.25, 0.3) is 0 Å². The Morgan fingerprint density at radius 3 is 2.83 bits per heavy atom. The highest BCUT2D eigenvalue weighted by Gasteiger charge is 1.80. The molecule has 64 valence electrons. The first kappa shape index (κ1) is 10.5. The Morgan fingerprint density at radius 1 is 1.50 bits per heavy atom. The molecule has 0 aromatic heterocycles. The molecule has 0 unspecified atom stereocenters. The standard InChI is InChI=1S/C10H12O2/c1-2-3-4-5-6-7-8-9-10(11)12/h6-9H,4-5H2,1H3,(H,11,12). The van der Waals surface area contributed by atoms with E-state index in [9.17, 15) is 4.79 Å². The number of carbonyl (C=O) groups is 1. The smallest absolute Gasteiger partial charge is 0.328 e. The summed E-state index contributed by atoms with van der Waals surface area (Å²) in [4.78, 5) is 9.99. The van der Waals surface area contributed by atoms with E-state index in [1.54, 1.807) is 13.0 Å². The summed E-state index contributed by atoms with van der Waals surface area (Å²) in [5.41, 5.74) is 0. The minimum absolute atomic E-state index is 0.827. The lowest BCUT2D eigenvalue weighted by Crippen LogP contribution is -1.84. The van der Waals surface area contributed by atoms with Gasteiger partial charge in [0.15, 0.2) is 0 Å². The second-order valence-electron chi connectivity index (χ2n) is 2.09. The summed E-state index contributed by atoms with van der Waals surface area (Å²) in [6, 6.07) is 0. The minimum Gasteiger partial charge on any atom is -0.478 e. The van der Waals surface area contributed by atoms with Gasteiger partial charge in [0.1, 0.15) is 0 Å². The van der Waals surface area contributed by atoms with Crippen LogP contribution in [0.15, 0.2) is 24.3 Å². The number of allylic oxidation sites excluding steroid dienone is 3. The summed E-state index contributed by atoms with van der Waals surface area (Å²) >= 11 is 0. The molecule has 0 heterocycles. The molecule has 0 aliphatic heterocycles. The topological polar surface area (TPSA) is 37.3 Å². The molecule has 12 heavy (non-hydrogen) atoms. The van der Waals surface area contributed by atoms with E-state index in [1.165, 1.54) is 6.08 Å². The van der Waals surface area contributed by atoms with Crippen LogP contribution in [0.1, 0.15) is 19.8 Å². The SMILES string of the molecule is CC#CCCC=CC=CC(=O)O. The van der Waals surface area contributed by atoms with E-state index < -0.39 is 5.97 Å². The number of hydrogen-bond acceptors (Lipinski definition) is 1. The van der Waals surface area contributed by atoms with Crippen LogP contribution in [0.5, 0.6) is 0 Å². The van der Waals surface area contributed by atoms with Crippen molar-refractivity contribution in [3.05, 3.63) is 24.3 Å². The minimum atomic E-state index is -0.923. The molecular formula is C10H12O2. The largest absolute Gasteiger partial charge is 0.478 e. The zero-order valence-corrected chi connectivity index (χ0v) is 7.08. The molecular weight excluding hydrogens is 152 g/mol. The first-order valence-corrected chi connectivity index (χ1v) is 3.73. The van der Waals surface area contributed by atoms with E-state index in [2.05, 4.69) is 11.8 Å². The Labute approximate surface area is 72.6 Å². The van der Waals surface area contributed by atoms with Crippen molar-refractivity contribution in [1.82, 2.24) is 0 Å². The third-order valence-corrected chi connectivity index (χ3v) is 1.10. The number of unbranched alkanes of at least 4 members (excludes halogenated alkanes) is 1. The van der Waals surface area contributed by atoms with Crippen LogP contribution >= 0.6 is 0 Å².